The Kier molecular flexibility index (Phi) is 6.19. The molecule has 4 heteroatoms. The van der Waals surface area contributed by atoms with E-state index in [4.69, 9.17) is 4.74 Å². The van der Waals surface area contributed by atoms with Gasteiger partial charge in [-0.2, -0.15) is 5.10 Å². The van der Waals surface area contributed by atoms with E-state index in [9.17, 15) is 5.11 Å². The van der Waals surface area contributed by atoms with Gasteiger partial charge in [0, 0.05) is 6.54 Å². The van der Waals surface area contributed by atoms with Crippen molar-refractivity contribution in [2.75, 3.05) is 7.11 Å². The van der Waals surface area contributed by atoms with Crippen LogP contribution in [0.15, 0.2) is 6.20 Å². The lowest BCUT2D eigenvalue weighted by Gasteiger charge is -2.23. The van der Waals surface area contributed by atoms with E-state index in [1.54, 1.807) is 13.3 Å². The SMILES string of the molecule is CCCC(CCC)C(O)c1c(OC)cnn1CC. The zero-order chi connectivity index (χ0) is 13.5. The van der Waals surface area contributed by atoms with Crippen LogP contribution in [0, 0.1) is 5.92 Å². The lowest BCUT2D eigenvalue weighted by molar-refractivity contribution is 0.0852. The first-order chi connectivity index (χ1) is 8.69. The molecule has 0 saturated carbocycles. The second-order valence-electron chi connectivity index (χ2n) is 4.70. The largest absolute Gasteiger partial charge is 0.493 e. The minimum Gasteiger partial charge on any atom is -0.493 e. The third kappa shape index (κ3) is 3.25. The van der Waals surface area contributed by atoms with Gasteiger partial charge in [0.25, 0.3) is 0 Å². The molecule has 1 aromatic heterocycles. The van der Waals surface area contributed by atoms with Crippen molar-refractivity contribution in [2.45, 2.75) is 59.1 Å². The third-order valence-corrected chi connectivity index (χ3v) is 3.41. The van der Waals surface area contributed by atoms with E-state index in [1.807, 2.05) is 11.6 Å². The summed E-state index contributed by atoms with van der Waals surface area (Å²) in [5.74, 6) is 0.984. The van der Waals surface area contributed by atoms with Crippen LogP contribution < -0.4 is 4.74 Å². The summed E-state index contributed by atoms with van der Waals surface area (Å²) in [6.07, 6.45) is 5.45. The van der Waals surface area contributed by atoms with Crippen molar-refractivity contribution in [1.82, 2.24) is 9.78 Å². The van der Waals surface area contributed by atoms with Gasteiger partial charge in [-0.1, -0.05) is 26.7 Å². The van der Waals surface area contributed by atoms with Crippen LogP contribution in [0.1, 0.15) is 58.3 Å². The van der Waals surface area contributed by atoms with E-state index in [0.29, 0.717) is 5.75 Å². The molecule has 0 bridgehead atoms. The molecule has 0 saturated heterocycles. The van der Waals surface area contributed by atoms with Gasteiger partial charge in [0.15, 0.2) is 5.75 Å². The van der Waals surface area contributed by atoms with Gasteiger partial charge >= 0.3 is 0 Å². The molecule has 0 aromatic carbocycles. The molecule has 1 heterocycles. The van der Waals surface area contributed by atoms with Gasteiger partial charge in [0.2, 0.25) is 0 Å². The number of hydrogen-bond donors (Lipinski definition) is 1. The Labute approximate surface area is 110 Å². The van der Waals surface area contributed by atoms with E-state index in [2.05, 4.69) is 18.9 Å². The van der Waals surface area contributed by atoms with Gasteiger partial charge in [-0.15, -0.1) is 0 Å². The number of methoxy groups -OCH3 is 1. The Balaban J connectivity index is 2.97. The molecule has 0 aliphatic carbocycles. The average molecular weight is 254 g/mol. The smallest absolute Gasteiger partial charge is 0.162 e. The second-order valence-corrected chi connectivity index (χ2v) is 4.70. The number of aryl methyl sites for hydroxylation is 1. The maximum atomic E-state index is 10.6. The third-order valence-electron chi connectivity index (χ3n) is 3.41. The molecule has 1 aromatic rings. The Hall–Kier alpha value is -1.03. The second kappa shape index (κ2) is 7.41. The van der Waals surface area contributed by atoms with Gasteiger partial charge in [0.05, 0.1) is 13.3 Å². The fourth-order valence-corrected chi connectivity index (χ4v) is 2.51. The highest BCUT2D eigenvalue weighted by atomic mass is 16.5. The number of hydrogen-bond acceptors (Lipinski definition) is 3. The van der Waals surface area contributed by atoms with Crippen LogP contribution in [0.25, 0.3) is 0 Å². The molecule has 0 radical (unpaired) electrons. The molecule has 0 aliphatic rings. The first kappa shape index (κ1) is 15.0. The molecule has 4 nitrogen and oxygen atoms in total. The molecule has 1 atom stereocenters. The summed E-state index contributed by atoms with van der Waals surface area (Å²) in [6.45, 7) is 7.09. The van der Waals surface area contributed by atoms with Crippen molar-refractivity contribution in [1.29, 1.82) is 0 Å². The van der Waals surface area contributed by atoms with Crippen molar-refractivity contribution < 1.29 is 9.84 Å². The van der Waals surface area contributed by atoms with Crippen LogP contribution in [-0.4, -0.2) is 22.0 Å². The highest BCUT2D eigenvalue weighted by Gasteiger charge is 2.26. The Bertz CT molecular complexity index is 322. The van der Waals surface area contributed by atoms with Crippen LogP contribution >= 0.6 is 0 Å². The predicted octanol–water partition coefficient (Wildman–Crippen LogP) is 3.16. The highest BCUT2D eigenvalue weighted by Crippen LogP contribution is 2.34. The first-order valence-corrected chi connectivity index (χ1v) is 6.97. The number of aromatic nitrogens is 2. The maximum absolute atomic E-state index is 10.6. The molecule has 0 spiro atoms. The van der Waals surface area contributed by atoms with Gasteiger partial charge in [-0.3, -0.25) is 4.68 Å². The molecular formula is C14H26N2O2. The number of aliphatic hydroxyl groups is 1. The van der Waals surface area contributed by atoms with Crippen LogP contribution in [0.5, 0.6) is 5.75 Å². The molecular weight excluding hydrogens is 228 g/mol. The van der Waals surface area contributed by atoms with E-state index < -0.39 is 6.10 Å². The fraction of sp³-hybridized carbons (Fsp3) is 0.786. The van der Waals surface area contributed by atoms with Crippen LogP contribution in [0.4, 0.5) is 0 Å². The van der Waals surface area contributed by atoms with Gasteiger partial charge < -0.3 is 9.84 Å². The predicted molar refractivity (Wildman–Crippen MR) is 72.7 cm³/mol. The summed E-state index contributed by atoms with van der Waals surface area (Å²) in [7, 11) is 1.63. The topological polar surface area (TPSA) is 47.3 Å². The molecule has 1 N–H and O–H groups in total. The molecule has 0 aliphatic heterocycles. The normalized spacial score (nSPS) is 13.0. The maximum Gasteiger partial charge on any atom is 0.162 e. The number of rotatable bonds is 8. The van der Waals surface area contributed by atoms with E-state index in [1.165, 1.54) is 0 Å². The van der Waals surface area contributed by atoms with Crippen LogP contribution in [0.3, 0.4) is 0 Å². The van der Waals surface area contributed by atoms with Gasteiger partial charge in [0.1, 0.15) is 11.8 Å². The average Bonchev–Trinajstić information content (AvgIpc) is 2.80. The summed E-state index contributed by atoms with van der Waals surface area (Å²) in [5.41, 5.74) is 0.826. The summed E-state index contributed by atoms with van der Waals surface area (Å²) in [5, 5.41) is 14.9. The van der Waals surface area contributed by atoms with E-state index in [-0.39, 0.29) is 5.92 Å². The molecule has 104 valence electrons. The van der Waals surface area contributed by atoms with Crippen LogP contribution in [-0.2, 0) is 6.54 Å². The van der Waals surface area contributed by atoms with Crippen molar-refractivity contribution in [3.63, 3.8) is 0 Å². The van der Waals surface area contributed by atoms with Crippen molar-refractivity contribution >= 4 is 0 Å². The molecule has 1 rings (SSSR count). The fourth-order valence-electron chi connectivity index (χ4n) is 2.51. The minimum absolute atomic E-state index is 0.288. The summed E-state index contributed by atoms with van der Waals surface area (Å²) in [4.78, 5) is 0. The summed E-state index contributed by atoms with van der Waals surface area (Å²) >= 11 is 0. The monoisotopic (exact) mass is 254 g/mol. The Morgan fingerprint density at radius 2 is 1.89 bits per heavy atom. The lowest BCUT2D eigenvalue weighted by atomic mass is 9.90. The standard InChI is InChI=1S/C14H26N2O2/c1-5-8-11(9-6-2)14(17)13-12(18-4)10-15-16(13)7-3/h10-11,14,17H,5-9H2,1-4H3. The number of aliphatic hydroxyl groups excluding tert-OH is 1. The highest BCUT2D eigenvalue weighted by molar-refractivity contribution is 5.27. The summed E-state index contributed by atoms with van der Waals surface area (Å²) in [6, 6.07) is 0. The molecule has 18 heavy (non-hydrogen) atoms. The molecule has 0 fully saturated rings. The Morgan fingerprint density at radius 1 is 1.28 bits per heavy atom. The van der Waals surface area contributed by atoms with Crippen LogP contribution in [0.2, 0.25) is 0 Å². The first-order valence-electron chi connectivity index (χ1n) is 6.97. The quantitative estimate of drug-likeness (QED) is 0.775. The van der Waals surface area contributed by atoms with Crippen molar-refractivity contribution in [3.05, 3.63) is 11.9 Å². The minimum atomic E-state index is -0.484. The Morgan fingerprint density at radius 3 is 2.33 bits per heavy atom. The van der Waals surface area contributed by atoms with Gasteiger partial charge in [-0.25, -0.2) is 0 Å². The number of nitrogens with zero attached hydrogens (tertiary/aromatic N) is 2. The van der Waals surface area contributed by atoms with Crippen molar-refractivity contribution in [3.8, 4) is 5.75 Å². The summed E-state index contributed by atoms with van der Waals surface area (Å²) < 4.78 is 7.15. The molecule has 0 amide bonds. The lowest BCUT2D eigenvalue weighted by Crippen LogP contribution is -2.17. The zero-order valence-electron chi connectivity index (χ0n) is 12.0. The van der Waals surface area contributed by atoms with E-state index in [0.717, 1.165) is 37.9 Å². The van der Waals surface area contributed by atoms with Gasteiger partial charge in [-0.05, 0) is 25.7 Å². The number of ether oxygens (including phenoxy) is 1. The van der Waals surface area contributed by atoms with E-state index >= 15 is 0 Å². The zero-order valence-corrected chi connectivity index (χ0v) is 12.0. The molecule has 1 unspecified atom stereocenters. The van der Waals surface area contributed by atoms with Crippen molar-refractivity contribution in [2.24, 2.45) is 5.92 Å².